The van der Waals surface area contributed by atoms with Crippen LogP contribution in [0.15, 0.2) is 80.4 Å². The van der Waals surface area contributed by atoms with Gasteiger partial charge in [0.1, 0.15) is 11.3 Å². The van der Waals surface area contributed by atoms with Gasteiger partial charge in [0.2, 0.25) is 5.76 Å². The smallest absolute Gasteiger partial charge is 0.337 e. The Labute approximate surface area is 209 Å². The summed E-state index contributed by atoms with van der Waals surface area (Å²) in [6, 6.07) is 18.5. The van der Waals surface area contributed by atoms with E-state index in [1.807, 2.05) is 24.3 Å². The molecule has 1 aliphatic heterocycles. The van der Waals surface area contributed by atoms with Crippen LogP contribution >= 0.6 is 15.9 Å². The number of amides is 1. The minimum atomic E-state index is -0.689. The van der Waals surface area contributed by atoms with Crippen molar-refractivity contribution in [3.05, 3.63) is 109 Å². The van der Waals surface area contributed by atoms with Gasteiger partial charge in [0.05, 0.1) is 36.8 Å². The Bertz CT molecular complexity index is 1510. The molecule has 1 unspecified atom stereocenters. The number of fused-ring (bicyclic) bond motifs is 2. The van der Waals surface area contributed by atoms with E-state index in [0.29, 0.717) is 27.8 Å². The second-order valence-corrected chi connectivity index (χ2v) is 9.03. The fraction of sp³-hybridized carbons (Fsp3) is 0.148. The van der Waals surface area contributed by atoms with E-state index in [0.717, 1.165) is 10.0 Å². The number of nitrogens with zero attached hydrogens (tertiary/aromatic N) is 1. The van der Waals surface area contributed by atoms with Gasteiger partial charge in [0.25, 0.3) is 5.91 Å². The van der Waals surface area contributed by atoms with E-state index >= 15 is 0 Å². The van der Waals surface area contributed by atoms with Crippen molar-refractivity contribution in [2.75, 3.05) is 14.2 Å². The number of carbonyl (C=O) groups is 2. The summed E-state index contributed by atoms with van der Waals surface area (Å²) < 4.78 is 16.7. The van der Waals surface area contributed by atoms with Crippen LogP contribution in [0, 0.1) is 0 Å². The molecule has 0 bridgehead atoms. The second kappa shape index (κ2) is 9.03. The molecule has 0 fully saturated rings. The number of hydrogen-bond acceptors (Lipinski definition) is 6. The quantitative estimate of drug-likeness (QED) is 0.332. The zero-order valence-corrected chi connectivity index (χ0v) is 20.5. The highest BCUT2D eigenvalue weighted by molar-refractivity contribution is 9.10. The Morgan fingerprint density at radius 2 is 1.71 bits per heavy atom. The number of ether oxygens (including phenoxy) is 2. The van der Waals surface area contributed by atoms with Crippen molar-refractivity contribution < 1.29 is 23.5 Å². The lowest BCUT2D eigenvalue weighted by molar-refractivity contribution is 0.0599. The maximum Gasteiger partial charge on any atom is 0.337 e. The largest absolute Gasteiger partial charge is 0.497 e. The highest BCUT2D eigenvalue weighted by atomic mass is 79.9. The Hall–Kier alpha value is -3.91. The van der Waals surface area contributed by atoms with E-state index in [1.54, 1.807) is 54.5 Å². The first-order valence-electron chi connectivity index (χ1n) is 10.8. The van der Waals surface area contributed by atoms with Gasteiger partial charge in [-0.2, -0.15) is 0 Å². The summed E-state index contributed by atoms with van der Waals surface area (Å²) >= 11 is 3.40. The van der Waals surface area contributed by atoms with Crippen LogP contribution in [0.3, 0.4) is 0 Å². The first-order chi connectivity index (χ1) is 16.9. The molecule has 0 spiro atoms. The maximum atomic E-state index is 13.7. The van der Waals surface area contributed by atoms with Crippen LogP contribution in [-0.2, 0) is 11.3 Å². The fourth-order valence-corrected chi connectivity index (χ4v) is 4.71. The molecule has 2 heterocycles. The fourth-order valence-electron chi connectivity index (χ4n) is 4.35. The number of benzene rings is 3. The van der Waals surface area contributed by atoms with Gasteiger partial charge < -0.3 is 18.8 Å². The Kier molecular flexibility index (Phi) is 5.90. The number of methoxy groups -OCH3 is 2. The Balaban J connectivity index is 1.66. The summed E-state index contributed by atoms with van der Waals surface area (Å²) in [6.07, 6.45) is 0. The summed E-state index contributed by atoms with van der Waals surface area (Å²) in [7, 11) is 2.90. The van der Waals surface area contributed by atoms with Crippen LogP contribution in [-0.4, -0.2) is 31.0 Å². The van der Waals surface area contributed by atoms with Crippen molar-refractivity contribution in [3.8, 4) is 5.75 Å². The average molecular weight is 534 g/mol. The standard InChI is InChI=1S/C27H20BrNO6/c1-33-19-10-3-15(4-11-19)14-29-23(16-5-7-17(8-6-16)27(32)34-2)22-24(30)20-13-18(28)9-12-21(20)35-25(22)26(29)31/h3-13,23H,14H2,1-2H3. The first kappa shape index (κ1) is 22.9. The number of halogens is 1. The van der Waals surface area contributed by atoms with Crippen LogP contribution in [0.2, 0.25) is 0 Å². The molecule has 0 radical (unpaired) electrons. The minimum absolute atomic E-state index is 0.0281. The lowest BCUT2D eigenvalue weighted by Crippen LogP contribution is -2.29. The molecule has 176 valence electrons. The summed E-state index contributed by atoms with van der Waals surface area (Å²) in [5.74, 6) is -0.113. The third-order valence-corrected chi connectivity index (χ3v) is 6.58. The van der Waals surface area contributed by atoms with Crippen molar-refractivity contribution in [1.82, 2.24) is 4.90 Å². The zero-order chi connectivity index (χ0) is 24.7. The summed E-state index contributed by atoms with van der Waals surface area (Å²) in [4.78, 5) is 40.8. The van der Waals surface area contributed by atoms with Gasteiger partial charge in [-0.3, -0.25) is 9.59 Å². The number of carbonyl (C=O) groups excluding carboxylic acids is 2. The van der Waals surface area contributed by atoms with Crippen molar-refractivity contribution >= 4 is 38.8 Å². The van der Waals surface area contributed by atoms with E-state index in [9.17, 15) is 14.4 Å². The molecule has 1 aromatic heterocycles. The lowest BCUT2D eigenvalue weighted by Gasteiger charge is -2.25. The van der Waals surface area contributed by atoms with E-state index in [1.165, 1.54) is 7.11 Å². The predicted molar refractivity (Wildman–Crippen MR) is 133 cm³/mol. The van der Waals surface area contributed by atoms with Gasteiger partial charge in [-0.15, -0.1) is 0 Å². The van der Waals surface area contributed by atoms with Gasteiger partial charge in [-0.25, -0.2) is 4.79 Å². The van der Waals surface area contributed by atoms with E-state index in [4.69, 9.17) is 13.9 Å². The van der Waals surface area contributed by atoms with Crippen molar-refractivity contribution in [2.45, 2.75) is 12.6 Å². The highest BCUT2D eigenvalue weighted by Crippen LogP contribution is 2.39. The van der Waals surface area contributed by atoms with Crippen LogP contribution in [0.5, 0.6) is 5.75 Å². The summed E-state index contributed by atoms with van der Waals surface area (Å²) in [6.45, 7) is 0.246. The molecule has 7 nitrogen and oxygen atoms in total. The van der Waals surface area contributed by atoms with Crippen molar-refractivity contribution in [3.63, 3.8) is 0 Å². The topological polar surface area (TPSA) is 86.0 Å². The zero-order valence-electron chi connectivity index (χ0n) is 18.9. The molecule has 0 N–H and O–H groups in total. The van der Waals surface area contributed by atoms with Crippen LogP contribution in [0.4, 0.5) is 0 Å². The van der Waals surface area contributed by atoms with E-state index < -0.39 is 12.0 Å². The molecule has 8 heteroatoms. The normalized spacial score (nSPS) is 14.8. The molecule has 3 aromatic carbocycles. The van der Waals surface area contributed by atoms with Crippen LogP contribution in [0.25, 0.3) is 11.0 Å². The molecule has 1 amide bonds. The van der Waals surface area contributed by atoms with Gasteiger partial charge in [0, 0.05) is 11.0 Å². The Morgan fingerprint density at radius 3 is 2.37 bits per heavy atom. The molecule has 4 aromatic rings. The molecule has 5 rings (SSSR count). The van der Waals surface area contributed by atoms with Crippen LogP contribution < -0.4 is 10.2 Å². The number of esters is 1. The van der Waals surface area contributed by atoms with E-state index in [2.05, 4.69) is 15.9 Å². The molecule has 0 aliphatic carbocycles. The summed E-state index contributed by atoms with van der Waals surface area (Å²) in [5.41, 5.74) is 2.27. The van der Waals surface area contributed by atoms with Gasteiger partial charge in [-0.1, -0.05) is 40.2 Å². The molecule has 1 atom stereocenters. The van der Waals surface area contributed by atoms with Gasteiger partial charge in [-0.05, 0) is 53.6 Å². The number of hydrogen-bond donors (Lipinski definition) is 0. The highest BCUT2D eigenvalue weighted by Gasteiger charge is 2.42. The van der Waals surface area contributed by atoms with E-state index in [-0.39, 0.29) is 29.2 Å². The van der Waals surface area contributed by atoms with Crippen molar-refractivity contribution in [2.24, 2.45) is 0 Å². The average Bonchev–Trinajstić information content (AvgIpc) is 3.16. The van der Waals surface area contributed by atoms with Crippen molar-refractivity contribution in [1.29, 1.82) is 0 Å². The van der Waals surface area contributed by atoms with Gasteiger partial charge in [0.15, 0.2) is 5.43 Å². The molecule has 0 saturated heterocycles. The number of rotatable bonds is 5. The molecule has 0 saturated carbocycles. The third-order valence-electron chi connectivity index (χ3n) is 6.09. The van der Waals surface area contributed by atoms with Gasteiger partial charge >= 0.3 is 5.97 Å². The molecule has 35 heavy (non-hydrogen) atoms. The predicted octanol–water partition coefficient (Wildman–Crippen LogP) is 5.10. The monoisotopic (exact) mass is 533 g/mol. The summed E-state index contributed by atoms with van der Waals surface area (Å²) in [5, 5.41) is 0.383. The van der Waals surface area contributed by atoms with Crippen LogP contribution in [0.1, 0.15) is 43.6 Å². The molecule has 1 aliphatic rings. The maximum absolute atomic E-state index is 13.7. The molecular weight excluding hydrogens is 514 g/mol. The first-order valence-corrected chi connectivity index (χ1v) is 11.6. The lowest BCUT2D eigenvalue weighted by atomic mass is 9.97. The Morgan fingerprint density at radius 1 is 1.00 bits per heavy atom. The second-order valence-electron chi connectivity index (χ2n) is 8.11. The third kappa shape index (κ3) is 4.00. The SMILES string of the molecule is COC(=O)c1ccc(C2c3c(oc4ccc(Br)cc4c3=O)C(=O)N2Cc2ccc(OC)cc2)cc1. The molecular formula is C27H20BrNO6. The minimum Gasteiger partial charge on any atom is -0.497 e.